The van der Waals surface area contributed by atoms with Crippen molar-refractivity contribution in [1.82, 2.24) is 10.3 Å². The molecule has 3 rings (SSSR count). The molecule has 4 atom stereocenters. The fraction of sp³-hybridized carbons (Fsp3) is 0.625. The molecule has 2 bridgehead atoms. The van der Waals surface area contributed by atoms with Crippen LogP contribution in [-0.4, -0.2) is 16.9 Å². The monoisotopic (exact) mass is 288 g/mol. The van der Waals surface area contributed by atoms with E-state index >= 15 is 0 Å². The highest BCUT2D eigenvalue weighted by molar-refractivity contribution is 5.95. The minimum absolute atomic E-state index is 0.0349. The molecule has 0 saturated heterocycles. The van der Waals surface area contributed by atoms with E-state index in [4.69, 9.17) is 5.84 Å². The van der Waals surface area contributed by atoms with Gasteiger partial charge in [-0.25, -0.2) is 10.8 Å². The van der Waals surface area contributed by atoms with Gasteiger partial charge in [-0.2, -0.15) is 0 Å². The first-order valence-corrected chi connectivity index (χ1v) is 7.83. The summed E-state index contributed by atoms with van der Waals surface area (Å²) in [6.45, 7) is 4.00. The van der Waals surface area contributed by atoms with E-state index < -0.39 is 0 Å². The Morgan fingerprint density at radius 1 is 1.38 bits per heavy atom. The van der Waals surface area contributed by atoms with Gasteiger partial charge in [0.2, 0.25) is 0 Å². The van der Waals surface area contributed by atoms with Crippen molar-refractivity contribution in [3.63, 3.8) is 0 Å². The van der Waals surface area contributed by atoms with Crippen LogP contribution in [0.3, 0.4) is 0 Å². The maximum absolute atomic E-state index is 12.4. The Kier molecular flexibility index (Phi) is 3.85. The van der Waals surface area contributed by atoms with Crippen molar-refractivity contribution in [2.75, 3.05) is 5.43 Å². The molecule has 114 valence electrons. The number of fused-ring (bicyclic) bond motifs is 2. The van der Waals surface area contributed by atoms with E-state index in [1.54, 1.807) is 12.1 Å². The predicted molar refractivity (Wildman–Crippen MR) is 82.7 cm³/mol. The summed E-state index contributed by atoms with van der Waals surface area (Å²) in [4.78, 5) is 16.6. The number of nitrogen functional groups attached to an aromatic ring is 1. The molecule has 4 N–H and O–H groups in total. The van der Waals surface area contributed by atoms with Crippen LogP contribution in [0, 0.1) is 24.7 Å². The number of hydrogen-bond donors (Lipinski definition) is 3. The summed E-state index contributed by atoms with van der Waals surface area (Å²) in [6, 6.07) is 3.72. The van der Waals surface area contributed by atoms with Crippen LogP contribution < -0.4 is 16.6 Å². The first-order valence-electron chi connectivity index (χ1n) is 7.83. The average molecular weight is 288 g/mol. The van der Waals surface area contributed by atoms with Crippen LogP contribution in [0.15, 0.2) is 12.1 Å². The van der Waals surface area contributed by atoms with E-state index in [0.717, 1.165) is 17.5 Å². The van der Waals surface area contributed by atoms with Gasteiger partial charge in [-0.05, 0) is 63.0 Å². The topological polar surface area (TPSA) is 80.0 Å². The number of nitrogens with two attached hydrogens (primary N) is 1. The average Bonchev–Trinajstić information content (AvgIpc) is 3.09. The van der Waals surface area contributed by atoms with E-state index in [1.807, 2.05) is 6.92 Å². The van der Waals surface area contributed by atoms with Crippen LogP contribution in [0.2, 0.25) is 0 Å². The van der Waals surface area contributed by atoms with Crippen molar-refractivity contribution in [3.8, 4) is 0 Å². The SMILES string of the molecule is Cc1cc(C(=O)NC(C)C2CC3CCC2C3)cc(NN)n1. The number of anilines is 1. The van der Waals surface area contributed by atoms with Crippen LogP contribution in [0.5, 0.6) is 0 Å². The number of hydrazine groups is 1. The minimum Gasteiger partial charge on any atom is -0.349 e. The number of nitrogens with zero attached hydrogens (tertiary/aromatic N) is 1. The van der Waals surface area contributed by atoms with Crippen molar-refractivity contribution >= 4 is 11.7 Å². The van der Waals surface area contributed by atoms with Gasteiger partial charge in [-0.3, -0.25) is 4.79 Å². The first-order chi connectivity index (χ1) is 10.1. The van der Waals surface area contributed by atoms with Crippen molar-refractivity contribution in [2.45, 2.75) is 45.6 Å². The molecule has 2 saturated carbocycles. The second-order valence-corrected chi connectivity index (χ2v) is 6.63. The van der Waals surface area contributed by atoms with Gasteiger partial charge in [0.25, 0.3) is 5.91 Å². The van der Waals surface area contributed by atoms with Gasteiger partial charge in [0.15, 0.2) is 0 Å². The number of aromatic nitrogens is 1. The highest BCUT2D eigenvalue weighted by atomic mass is 16.1. The van der Waals surface area contributed by atoms with Gasteiger partial charge in [0.1, 0.15) is 5.82 Å². The van der Waals surface area contributed by atoms with Gasteiger partial charge in [0, 0.05) is 17.3 Å². The molecule has 1 heterocycles. The minimum atomic E-state index is -0.0349. The van der Waals surface area contributed by atoms with Gasteiger partial charge in [-0.15, -0.1) is 0 Å². The maximum atomic E-state index is 12.4. The molecule has 4 unspecified atom stereocenters. The summed E-state index contributed by atoms with van der Waals surface area (Å²) < 4.78 is 0. The number of hydrogen-bond acceptors (Lipinski definition) is 4. The summed E-state index contributed by atoms with van der Waals surface area (Å²) in [5.74, 6) is 8.22. The lowest BCUT2D eigenvalue weighted by molar-refractivity contribution is 0.0915. The van der Waals surface area contributed by atoms with Crippen molar-refractivity contribution in [3.05, 3.63) is 23.4 Å². The third kappa shape index (κ3) is 2.88. The third-order valence-corrected chi connectivity index (χ3v) is 5.16. The zero-order valence-corrected chi connectivity index (χ0v) is 12.7. The predicted octanol–water partition coefficient (Wildman–Crippen LogP) is 2.23. The second kappa shape index (κ2) is 5.64. The van der Waals surface area contributed by atoms with Crippen LogP contribution in [0.25, 0.3) is 0 Å². The van der Waals surface area contributed by atoms with E-state index in [-0.39, 0.29) is 11.9 Å². The van der Waals surface area contributed by atoms with Gasteiger partial charge >= 0.3 is 0 Å². The number of aryl methyl sites for hydroxylation is 1. The number of carbonyl (C=O) groups is 1. The fourth-order valence-electron chi connectivity index (χ4n) is 4.18. The summed E-state index contributed by atoms with van der Waals surface area (Å²) in [5.41, 5.74) is 3.90. The Hall–Kier alpha value is -1.62. The van der Waals surface area contributed by atoms with Crippen LogP contribution in [0.4, 0.5) is 5.82 Å². The Morgan fingerprint density at radius 3 is 2.81 bits per heavy atom. The smallest absolute Gasteiger partial charge is 0.251 e. The van der Waals surface area contributed by atoms with E-state index in [2.05, 4.69) is 22.7 Å². The molecule has 5 heteroatoms. The lowest BCUT2D eigenvalue weighted by Crippen LogP contribution is -2.40. The fourth-order valence-corrected chi connectivity index (χ4v) is 4.18. The van der Waals surface area contributed by atoms with Crippen LogP contribution in [-0.2, 0) is 0 Å². The first kappa shape index (κ1) is 14.3. The number of pyridine rings is 1. The van der Waals surface area contributed by atoms with Crippen molar-refractivity contribution in [2.24, 2.45) is 23.6 Å². The molecule has 5 nitrogen and oxygen atoms in total. The lowest BCUT2D eigenvalue weighted by Gasteiger charge is -2.28. The van der Waals surface area contributed by atoms with E-state index in [1.165, 1.54) is 25.7 Å². The lowest BCUT2D eigenvalue weighted by atomic mass is 9.84. The number of nitrogens with one attached hydrogen (secondary N) is 2. The number of rotatable bonds is 4. The molecule has 21 heavy (non-hydrogen) atoms. The summed E-state index contributed by atoms with van der Waals surface area (Å²) in [5, 5.41) is 3.17. The summed E-state index contributed by atoms with van der Waals surface area (Å²) in [7, 11) is 0. The van der Waals surface area contributed by atoms with Crippen molar-refractivity contribution in [1.29, 1.82) is 0 Å². The van der Waals surface area contributed by atoms with Crippen LogP contribution >= 0.6 is 0 Å². The van der Waals surface area contributed by atoms with Gasteiger partial charge in [-0.1, -0.05) is 6.42 Å². The molecular formula is C16H24N4O. The Labute approximate surface area is 125 Å². The number of amides is 1. The van der Waals surface area contributed by atoms with Gasteiger partial charge < -0.3 is 10.7 Å². The standard InChI is InChI=1S/C16H24N4O/c1-9-5-13(8-15(18-9)20-17)16(21)19-10(2)14-7-11-3-4-12(14)6-11/h5,8,10-12,14H,3-4,6-7,17H2,1-2H3,(H,18,20)(H,19,21). The molecule has 1 aromatic rings. The molecule has 2 aliphatic rings. The second-order valence-electron chi connectivity index (χ2n) is 6.63. The van der Waals surface area contributed by atoms with Crippen molar-refractivity contribution < 1.29 is 4.79 Å². The molecule has 0 spiro atoms. The molecule has 2 fully saturated rings. The molecule has 2 aliphatic carbocycles. The third-order valence-electron chi connectivity index (χ3n) is 5.16. The molecule has 0 radical (unpaired) electrons. The maximum Gasteiger partial charge on any atom is 0.251 e. The highest BCUT2D eigenvalue weighted by Crippen LogP contribution is 2.49. The zero-order valence-electron chi connectivity index (χ0n) is 12.7. The molecule has 1 aromatic heterocycles. The van der Waals surface area contributed by atoms with E-state index in [9.17, 15) is 4.79 Å². The molecule has 0 aliphatic heterocycles. The zero-order chi connectivity index (χ0) is 15.0. The summed E-state index contributed by atoms with van der Waals surface area (Å²) >= 11 is 0. The normalized spacial score (nSPS) is 28.4. The van der Waals surface area contributed by atoms with E-state index in [0.29, 0.717) is 17.3 Å². The van der Waals surface area contributed by atoms with Gasteiger partial charge in [0.05, 0.1) is 0 Å². The van der Waals surface area contributed by atoms with Crippen LogP contribution in [0.1, 0.15) is 48.7 Å². The Balaban J connectivity index is 1.67. The Bertz CT molecular complexity index is 545. The highest BCUT2D eigenvalue weighted by Gasteiger charge is 2.42. The molecule has 1 amide bonds. The largest absolute Gasteiger partial charge is 0.349 e. The Morgan fingerprint density at radius 2 is 2.19 bits per heavy atom. The number of carbonyl (C=O) groups excluding carboxylic acids is 1. The molecular weight excluding hydrogens is 264 g/mol. The molecule has 0 aromatic carbocycles. The quantitative estimate of drug-likeness (QED) is 0.586. The summed E-state index contributed by atoms with van der Waals surface area (Å²) in [6.07, 6.45) is 5.36.